The van der Waals surface area contributed by atoms with Gasteiger partial charge in [-0.1, -0.05) is 12.1 Å². The highest BCUT2D eigenvalue weighted by atomic mass is 16.5. The summed E-state index contributed by atoms with van der Waals surface area (Å²) in [5.41, 5.74) is 1.43. The van der Waals surface area contributed by atoms with Crippen molar-refractivity contribution in [2.75, 3.05) is 20.8 Å². The van der Waals surface area contributed by atoms with Crippen LogP contribution in [0.5, 0.6) is 17.2 Å². The Morgan fingerprint density at radius 2 is 1.83 bits per heavy atom. The van der Waals surface area contributed by atoms with E-state index < -0.39 is 0 Å². The molecule has 152 valence electrons. The second-order valence-electron chi connectivity index (χ2n) is 6.35. The number of carbonyl (C=O) groups is 1. The molecule has 0 atom stereocenters. The molecule has 1 heterocycles. The van der Waals surface area contributed by atoms with Crippen molar-refractivity contribution >= 4 is 16.8 Å². The minimum atomic E-state index is -0.299. The molecular formula is C22H24N2O5. The van der Waals surface area contributed by atoms with E-state index in [1.54, 1.807) is 30.9 Å². The molecule has 0 aliphatic heterocycles. The van der Waals surface area contributed by atoms with Gasteiger partial charge < -0.3 is 24.1 Å². The Labute approximate surface area is 168 Å². The number of hydrogen-bond donors (Lipinski definition) is 1. The van der Waals surface area contributed by atoms with Gasteiger partial charge in [0.25, 0.3) is 11.5 Å². The summed E-state index contributed by atoms with van der Waals surface area (Å²) in [5.74, 6) is 1.40. The zero-order valence-corrected chi connectivity index (χ0v) is 16.7. The van der Waals surface area contributed by atoms with Crippen molar-refractivity contribution in [3.8, 4) is 17.2 Å². The first-order valence-electron chi connectivity index (χ1n) is 9.30. The van der Waals surface area contributed by atoms with E-state index in [-0.39, 0.29) is 24.6 Å². The van der Waals surface area contributed by atoms with Crippen LogP contribution < -0.4 is 25.1 Å². The summed E-state index contributed by atoms with van der Waals surface area (Å²) in [6, 6.07) is 14.3. The molecule has 1 aromatic heterocycles. The second-order valence-corrected chi connectivity index (χ2v) is 6.35. The number of aryl methyl sites for hydroxylation is 1. The van der Waals surface area contributed by atoms with Crippen molar-refractivity contribution in [2.24, 2.45) is 0 Å². The Bertz CT molecular complexity index is 1070. The van der Waals surface area contributed by atoms with Crippen LogP contribution in [0, 0.1) is 0 Å². The number of fused-ring (bicyclic) bond motifs is 1. The molecule has 7 nitrogen and oxygen atoms in total. The van der Waals surface area contributed by atoms with Crippen LogP contribution in [0.25, 0.3) is 10.9 Å². The molecule has 2 aromatic carbocycles. The van der Waals surface area contributed by atoms with Gasteiger partial charge in [-0.2, -0.15) is 0 Å². The predicted octanol–water partition coefficient (Wildman–Crippen LogP) is 2.73. The minimum Gasteiger partial charge on any atom is -0.497 e. The Morgan fingerprint density at radius 1 is 1.03 bits per heavy atom. The highest BCUT2D eigenvalue weighted by Gasteiger charge is 2.11. The highest BCUT2D eigenvalue weighted by molar-refractivity contribution is 5.86. The van der Waals surface area contributed by atoms with Gasteiger partial charge in [0.15, 0.2) is 6.61 Å². The molecule has 29 heavy (non-hydrogen) atoms. The van der Waals surface area contributed by atoms with Crippen LogP contribution in [0.3, 0.4) is 0 Å². The third kappa shape index (κ3) is 4.51. The Hall–Kier alpha value is -3.48. The maximum absolute atomic E-state index is 12.3. The fourth-order valence-electron chi connectivity index (χ4n) is 3.14. The lowest BCUT2D eigenvalue weighted by Crippen LogP contribution is -2.29. The first kappa shape index (κ1) is 20.3. The number of ether oxygens (including phenoxy) is 3. The summed E-state index contributed by atoms with van der Waals surface area (Å²) in [4.78, 5) is 24.6. The summed E-state index contributed by atoms with van der Waals surface area (Å²) in [7, 11) is 3.14. The van der Waals surface area contributed by atoms with E-state index in [9.17, 15) is 9.59 Å². The van der Waals surface area contributed by atoms with Crippen LogP contribution in [0.2, 0.25) is 0 Å². The number of para-hydroxylation sites is 1. The van der Waals surface area contributed by atoms with E-state index in [0.717, 1.165) is 16.5 Å². The molecule has 0 saturated carbocycles. The molecule has 3 aromatic rings. The molecule has 0 saturated heterocycles. The normalized spacial score (nSPS) is 10.6. The largest absolute Gasteiger partial charge is 0.497 e. The molecule has 1 amide bonds. The van der Waals surface area contributed by atoms with Crippen LogP contribution in [0.1, 0.15) is 12.5 Å². The Kier molecular flexibility index (Phi) is 6.39. The standard InChI is InChI=1S/C22H24N2O5/c1-4-24-18-8-6-5-7-17(18)20(12-22(24)26)29-14-21(25)23-13-15-9-10-16(27-2)11-19(15)28-3/h5-12H,4,13-14H2,1-3H3,(H,23,25). The van der Waals surface area contributed by atoms with E-state index in [0.29, 0.717) is 23.8 Å². The second kappa shape index (κ2) is 9.14. The lowest BCUT2D eigenvalue weighted by molar-refractivity contribution is -0.123. The number of nitrogens with zero attached hydrogens (tertiary/aromatic N) is 1. The molecule has 0 bridgehead atoms. The number of benzene rings is 2. The first-order chi connectivity index (χ1) is 14.1. The average molecular weight is 396 g/mol. The van der Waals surface area contributed by atoms with Gasteiger partial charge >= 0.3 is 0 Å². The molecule has 0 spiro atoms. The minimum absolute atomic E-state index is 0.162. The van der Waals surface area contributed by atoms with Crippen molar-refractivity contribution in [1.29, 1.82) is 0 Å². The summed E-state index contributed by atoms with van der Waals surface area (Å²) < 4.78 is 17.8. The maximum Gasteiger partial charge on any atom is 0.258 e. The molecule has 3 rings (SSSR count). The van der Waals surface area contributed by atoms with Crippen molar-refractivity contribution in [3.05, 3.63) is 64.4 Å². The van der Waals surface area contributed by atoms with E-state index >= 15 is 0 Å². The van der Waals surface area contributed by atoms with Gasteiger partial charge in [0.2, 0.25) is 0 Å². The van der Waals surface area contributed by atoms with Crippen LogP contribution in [0.15, 0.2) is 53.3 Å². The molecule has 7 heteroatoms. The summed E-state index contributed by atoms with van der Waals surface area (Å²) >= 11 is 0. The predicted molar refractivity (Wildman–Crippen MR) is 111 cm³/mol. The topological polar surface area (TPSA) is 78.8 Å². The molecular weight excluding hydrogens is 372 g/mol. The fraction of sp³-hybridized carbons (Fsp3) is 0.273. The monoisotopic (exact) mass is 396 g/mol. The number of methoxy groups -OCH3 is 2. The molecule has 0 radical (unpaired) electrons. The van der Waals surface area contributed by atoms with Crippen molar-refractivity contribution in [3.63, 3.8) is 0 Å². The van der Waals surface area contributed by atoms with Crippen molar-refractivity contribution in [2.45, 2.75) is 20.0 Å². The molecule has 0 fully saturated rings. The van der Waals surface area contributed by atoms with Crippen LogP contribution in [0.4, 0.5) is 0 Å². The number of aromatic nitrogens is 1. The van der Waals surface area contributed by atoms with Gasteiger partial charge in [-0.3, -0.25) is 9.59 Å². The Morgan fingerprint density at radius 3 is 2.55 bits per heavy atom. The van der Waals surface area contributed by atoms with Gasteiger partial charge in [0.05, 0.1) is 19.7 Å². The lowest BCUT2D eigenvalue weighted by Gasteiger charge is -2.14. The van der Waals surface area contributed by atoms with Gasteiger partial charge in [-0.05, 0) is 31.2 Å². The van der Waals surface area contributed by atoms with E-state index in [1.165, 1.54) is 6.07 Å². The van der Waals surface area contributed by atoms with Gasteiger partial charge in [-0.15, -0.1) is 0 Å². The zero-order valence-electron chi connectivity index (χ0n) is 16.7. The number of rotatable bonds is 8. The first-order valence-corrected chi connectivity index (χ1v) is 9.30. The number of pyridine rings is 1. The smallest absolute Gasteiger partial charge is 0.258 e. The number of hydrogen-bond acceptors (Lipinski definition) is 5. The molecule has 1 N–H and O–H groups in total. The van der Waals surface area contributed by atoms with Gasteiger partial charge in [0.1, 0.15) is 17.2 Å². The van der Waals surface area contributed by atoms with Crippen molar-refractivity contribution < 1.29 is 19.0 Å². The number of amides is 1. The number of carbonyl (C=O) groups excluding carboxylic acids is 1. The Balaban J connectivity index is 1.68. The highest BCUT2D eigenvalue weighted by Crippen LogP contribution is 2.25. The third-order valence-electron chi connectivity index (χ3n) is 4.63. The van der Waals surface area contributed by atoms with Gasteiger partial charge in [0, 0.05) is 36.2 Å². The zero-order chi connectivity index (χ0) is 20.8. The fourth-order valence-corrected chi connectivity index (χ4v) is 3.14. The molecule has 0 aliphatic carbocycles. The summed E-state index contributed by atoms with van der Waals surface area (Å²) in [6.07, 6.45) is 0. The van der Waals surface area contributed by atoms with Crippen LogP contribution in [-0.2, 0) is 17.9 Å². The van der Waals surface area contributed by atoms with Gasteiger partial charge in [-0.25, -0.2) is 0 Å². The molecule has 0 unspecified atom stereocenters. The van der Waals surface area contributed by atoms with E-state index in [4.69, 9.17) is 14.2 Å². The average Bonchev–Trinajstić information content (AvgIpc) is 2.75. The van der Waals surface area contributed by atoms with Crippen LogP contribution in [-0.4, -0.2) is 31.3 Å². The third-order valence-corrected chi connectivity index (χ3v) is 4.63. The van der Waals surface area contributed by atoms with E-state index in [1.807, 2.05) is 37.3 Å². The molecule has 0 aliphatic rings. The van der Waals surface area contributed by atoms with Crippen LogP contribution >= 0.6 is 0 Å². The summed E-state index contributed by atoms with van der Waals surface area (Å²) in [6.45, 7) is 2.56. The lowest BCUT2D eigenvalue weighted by atomic mass is 10.2. The number of nitrogens with one attached hydrogen (secondary N) is 1. The maximum atomic E-state index is 12.3. The van der Waals surface area contributed by atoms with Crippen molar-refractivity contribution in [1.82, 2.24) is 9.88 Å². The quantitative estimate of drug-likeness (QED) is 0.633. The SMILES string of the molecule is CCn1c(=O)cc(OCC(=O)NCc2ccc(OC)cc2OC)c2ccccc21. The van der Waals surface area contributed by atoms with E-state index in [2.05, 4.69) is 5.32 Å². The summed E-state index contributed by atoms with van der Waals surface area (Å²) in [5, 5.41) is 3.59.